The Morgan fingerprint density at radius 1 is 1.28 bits per heavy atom. The van der Waals surface area contributed by atoms with Crippen LogP contribution < -0.4 is 4.74 Å². The van der Waals surface area contributed by atoms with Crippen LogP contribution in [0.5, 0.6) is 5.75 Å². The number of hydrogen-bond acceptors (Lipinski definition) is 5. The van der Waals surface area contributed by atoms with Gasteiger partial charge in [-0.3, -0.25) is 4.79 Å². The minimum Gasteiger partial charge on any atom is -0.491 e. The molecule has 0 amide bonds. The van der Waals surface area contributed by atoms with Crippen LogP contribution >= 0.6 is 0 Å². The predicted octanol–water partition coefficient (Wildman–Crippen LogP) is 3.03. The van der Waals surface area contributed by atoms with Gasteiger partial charge in [0.1, 0.15) is 18.5 Å². The molecular formula is C23H32O6. The molecular weight excluding hydrogens is 372 g/mol. The van der Waals surface area contributed by atoms with Crippen molar-refractivity contribution in [2.75, 3.05) is 13.2 Å². The van der Waals surface area contributed by atoms with Crippen molar-refractivity contribution in [2.24, 2.45) is 17.8 Å². The van der Waals surface area contributed by atoms with Gasteiger partial charge in [-0.2, -0.15) is 0 Å². The van der Waals surface area contributed by atoms with Crippen molar-refractivity contribution in [1.82, 2.24) is 0 Å². The minimum absolute atomic E-state index is 0.0295. The van der Waals surface area contributed by atoms with Crippen molar-refractivity contribution >= 4 is 5.97 Å². The zero-order chi connectivity index (χ0) is 20.6. The predicted molar refractivity (Wildman–Crippen MR) is 109 cm³/mol. The van der Waals surface area contributed by atoms with Crippen LogP contribution in [0.3, 0.4) is 0 Å². The summed E-state index contributed by atoms with van der Waals surface area (Å²) < 4.78 is 11.7. The quantitative estimate of drug-likeness (QED) is 0.548. The van der Waals surface area contributed by atoms with Gasteiger partial charge in [-0.05, 0) is 49.7 Å². The topological polar surface area (TPSA) is 96.2 Å². The van der Waals surface area contributed by atoms with Crippen molar-refractivity contribution in [3.63, 3.8) is 0 Å². The van der Waals surface area contributed by atoms with E-state index in [1.807, 2.05) is 36.4 Å². The number of aliphatic hydroxyl groups is 2. The summed E-state index contributed by atoms with van der Waals surface area (Å²) in [6.07, 6.45) is 6.75. The number of ether oxygens (including phenoxy) is 2. The molecule has 1 aliphatic carbocycles. The molecule has 0 spiro atoms. The second-order valence-electron chi connectivity index (χ2n) is 8.22. The largest absolute Gasteiger partial charge is 0.491 e. The van der Waals surface area contributed by atoms with E-state index in [4.69, 9.17) is 14.6 Å². The van der Waals surface area contributed by atoms with E-state index < -0.39 is 18.2 Å². The number of fused-ring (bicyclic) bond motifs is 1. The number of carbonyl (C=O) groups is 1. The second-order valence-corrected chi connectivity index (χ2v) is 8.22. The highest BCUT2D eigenvalue weighted by Gasteiger charge is 2.43. The van der Waals surface area contributed by atoms with Crippen LogP contribution in [0.1, 0.15) is 38.5 Å². The van der Waals surface area contributed by atoms with Gasteiger partial charge in [0.15, 0.2) is 0 Å². The number of aliphatic carboxylic acids is 1. The van der Waals surface area contributed by atoms with Crippen LogP contribution in [0.15, 0.2) is 42.5 Å². The highest BCUT2D eigenvalue weighted by Crippen LogP contribution is 2.42. The van der Waals surface area contributed by atoms with E-state index >= 15 is 0 Å². The lowest BCUT2D eigenvalue weighted by Gasteiger charge is -2.21. The molecule has 6 atom stereocenters. The molecule has 6 nitrogen and oxygen atoms in total. The van der Waals surface area contributed by atoms with Gasteiger partial charge in [-0.1, -0.05) is 30.4 Å². The van der Waals surface area contributed by atoms with Crippen molar-refractivity contribution < 1.29 is 29.6 Å². The average Bonchev–Trinajstić information content (AvgIpc) is 2.87. The van der Waals surface area contributed by atoms with E-state index in [0.717, 1.165) is 19.3 Å². The second kappa shape index (κ2) is 10.8. The zero-order valence-corrected chi connectivity index (χ0v) is 16.7. The average molecular weight is 405 g/mol. The van der Waals surface area contributed by atoms with E-state index in [1.165, 1.54) is 0 Å². The third kappa shape index (κ3) is 6.56. The van der Waals surface area contributed by atoms with Gasteiger partial charge in [0.2, 0.25) is 0 Å². The summed E-state index contributed by atoms with van der Waals surface area (Å²) in [5, 5.41) is 29.5. The van der Waals surface area contributed by atoms with E-state index in [9.17, 15) is 15.0 Å². The molecule has 0 radical (unpaired) electrons. The van der Waals surface area contributed by atoms with Gasteiger partial charge < -0.3 is 24.8 Å². The Labute approximate surface area is 172 Å². The summed E-state index contributed by atoms with van der Waals surface area (Å²) in [5.74, 6) is 0.537. The fourth-order valence-corrected chi connectivity index (χ4v) is 4.50. The standard InChI is InChI=1S/C23H32O6/c24-17(15-28-18-6-2-1-3-7-18)10-12-19-20-11-9-16(5-4-8-23(26)27)14-29-22(20)13-21(19)25/h1-3,6-7,10,12,16-17,19-22,24-25H,4-5,8-9,11,13-15H2,(H,26,27)/b12-10+/t16-,17-,19+,20+,21+,22-/m0/s1. The van der Waals surface area contributed by atoms with Crippen molar-refractivity contribution in [2.45, 2.75) is 56.8 Å². The lowest BCUT2D eigenvalue weighted by Crippen LogP contribution is -2.22. The van der Waals surface area contributed by atoms with Gasteiger partial charge in [0.05, 0.1) is 12.2 Å². The van der Waals surface area contributed by atoms with Crippen LogP contribution in [0.2, 0.25) is 0 Å². The molecule has 3 N–H and O–H groups in total. The maximum atomic E-state index is 10.7. The minimum atomic E-state index is -0.750. The van der Waals surface area contributed by atoms with Crippen molar-refractivity contribution in [3.8, 4) is 5.75 Å². The summed E-state index contributed by atoms with van der Waals surface area (Å²) in [5.41, 5.74) is 0. The number of carboxylic acids is 1. The van der Waals surface area contributed by atoms with E-state index in [2.05, 4.69) is 0 Å². The summed E-state index contributed by atoms with van der Waals surface area (Å²) in [7, 11) is 0. The molecule has 1 saturated carbocycles. The van der Waals surface area contributed by atoms with Gasteiger partial charge in [0, 0.05) is 25.4 Å². The highest BCUT2D eigenvalue weighted by molar-refractivity contribution is 5.66. The van der Waals surface area contributed by atoms with E-state index in [1.54, 1.807) is 6.08 Å². The van der Waals surface area contributed by atoms with E-state index in [0.29, 0.717) is 31.1 Å². The molecule has 0 unspecified atom stereocenters. The Morgan fingerprint density at radius 3 is 2.83 bits per heavy atom. The van der Waals surface area contributed by atoms with Crippen LogP contribution in [0.25, 0.3) is 0 Å². The molecule has 6 heteroatoms. The third-order valence-electron chi connectivity index (χ3n) is 6.07. The molecule has 1 saturated heterocycles. The maximum Gasteiger partial charge on any atom is 0.303 e. The van der Waals surface area contributed by atoms with Crippen LogP contribution in [-0.2, 0) is 9.53 Å². The number of hydrogen-bond donors (Lipinski definition) is 3. The molecule has 2 fully saturated rings. The first-order valence-electron chi connectivity index (χ1n) is 10.6. The number of rotatable bonds is 9. The molecule has 160 valence electrons. The van der Waals surface area contributed by atoms with Gasteiger partial charge in [-0.15, -0.1) is 0 Å². The monoisotopic (exact) mass is 404 g/mol. The maximum absolute atomic E-state index is 10.7. The first kappa shape index (κ1) is 21.8. The third-order valence-corrected chi connectivity index (χ3v) is 6.07. The van der Waals surface area contributed by atoms with Crippen LogP contribution in [0, 0.1) is 17.8 Å². The zero-order valence-electron chi connectivity index (χ0n) is 16.7. The molecule has 0 aromatic heterocycles. The Kier molecular flexibility index (Phi) is 8.09. The Bertz CT molecular complexity index is 661. The highest BCUT2D eigenvalue weighted by atomic mass is 16.5. The molecule has 3 rings (SSSR count). The Morgan fingerprint density at radius 2 is 2.07 bits per heavy atom. The first-order chi connectivity index (χ1) is 14.0. The summed E-state index contributed by atoms with van der Waals surface area (Å²) in [4.78, 5) is 10.7. The first-order valence-corrected chi connectivity index (χ1v) is 10.6. The molecule has 1 aromatic rings. The Hall–Kier alpha value is -1.89. The summed E-state index contributed by atoms with van der Waals surface area (Å²) >= 11 is 0. The number of para-hydroxylation sites is 1. The fraction of sp³-hybridized carbons (Fsp3) is 0.609. The lowest BCUT2D eigenvalue weighted by atomic mass is 9.86. The SMILES string of the molecule is O=C(O)CCC[C@H]1CC[C@@H]2[C@@H](/C=C/[C@H](O)COc3ccccc3)[C@H](O)C[C@@H]2OC1. The molecule has 1 aromatic carbocycles. The molecule has 1 heterocycles. The molecule has 1 aliphatic heterocycles. The van der Waals surface area contributed by atoms with Gasteiger partial charge in [-0.25, -0.2) is 0 Å². The van der Waals surface area contributed by atoms with Crippen molar-refractivity contribution in [3.05, 3.63) is 42.5 Å². The normalized spacial score (nSPS) is 30.6. The smallest absolute Gasteiger partial charge is 0.303 e. The van der Waals surface area contributed by atoms with E-state index in [-0.39, 0.29) is 31.0 Å². The van der Waals surface area contributed by atoms with Gasteiger partial charge in [0.25, 0.3) is 0 Å². The summed E-state index contributed by atoms with van der Waals surface area (Å²) in [6, 6.07) is 9.36. The fourth-order valence-electron chi connectivity index (χ4n) is 4.50. The number of aliphatic hydroxyl groups excluding tert-OH is 2. The van der Waals surface area contributed by atoms with Crippen molar-refractivity contribution in [1.29, 1.82) is 0 Å². The number of carboxylic acid groups (broad SMARTS) is 1. The van der Waals surface area contributed by atoms with Crippen LogP contribution in [0.4, 0.5) is 0 Å². The molecule has 29 heavy (non-hydrogen) atoms. The molecule has 2 aliphatic rings. The van der Waals surface area contributed by atoms with Gasteiger partial charge >= 0.3 is 5.97 Å². The Balaban J connectivity index is 1.49. The lowest BCUT2D eigenvalue weighted by molar-refractivity contribution is -0.137. The number of benzene rings is 1. The molecule has 0 bridgehead atoms. The van der Waals surface area contributed by atoms with Crippen LogP contribution in [-0.4, -0.2) is 52.8 Å². The summed E-state index contributed by atoms with van der Waals surface area (Å²) in [6.45, 7) is 0.803.